The molecule has 0 bridgehead atoms. The summed E-state index contributed by atoms with van der Waals surface area (Å²) in [6, 6.07) is 5.19. The minimum atomic E-state index is -0.198. The van der Waals surface area contributed by atoms with Crippen LogP contribution in [0.5, 0.6) is 0 Å². The van der Waals surface area contributed by atoms with Crippen molar-refractivity contribution < 1.29 is 4.79 Å². The zero-order chi connectivity index (χ0) is 21.9. The number of pyridine rings is 1. The van der Waals surface area contributed by atoms with Crippen LogP contribution in [0.2, 0.25) is 0 Å². The Hall–Kier alpha value is -2.54. The molecule has 1 amide bonds. The van der Waals surface area contributed by atoms with Gasteiger partial charge >= 0.3 is 0 Å². The van der Waals surface area contributed by atoms with Crippen LogP contribution in [0.3, 0.4) is 0 Å². The van der Waals surface area contributed by atoms with Gasteiger partial charge in [0.05, 0.1) is 17.3 Å². The van der Waals surface area contributed by atoms with E-state index in [4.69, 9.17) is 4.98 Å². The second-order valence-corrected chi connectivity index (χ2v) is 9.59. The first kappa shape index (κ1) is 21.3. The van der Waals surface area contributed by atoms with Crippen molar-refractivity contribution in [3.8, 4) is 0 Å². The third-order valence-corrected chi connectivity index (χ3v) is 7.37. The van der Waals surface area contributed by atoms with Gasteiger partial charge in [0.1, 0.15) is 11.5 Å². The summed E-state index contributed by atoms with van der Waals surface area (Å²) in [6.45, 7) is 3.40. The SMILES string of the molecule is O=C(c1ccccn1)N1CCCC[C@H]1c1nc2c(c(=O)[nH]1)CN(CC1CCCCC1)CC2. The maximum Gasteiger partial charge on any atom is 0.273 e. The van der Waals surface area contributed by atoms with Gasteiger partial charge in [-0.2, -0.15) is 0 Å². The van der Waals surface area contributed by atoms with Gasteiger partial charge in [-0.3, -0.25) is 19.5 Å². The number of H-pyrrole nitrogens is 1. The van der Waals surface area contributed by atoms with Crippen molar-refractivity contribution >= 4 is 5.91 Å². The molecular formula is C25H33N5O2. The number of aromatic amines is 1. The Morgan fingerprint density at radius 3 is 2.72 bits per heavy atom. The van der Waals surface area contributed by atoms with Crippen LogP contribution < -0.4 is 5.56 Å². The molecule has 1 atom stereocenters. The van der Waals surface area contributed by atoms with Crippen LogP contribution in [0.1, 0.15) is 85.0 Å². The van der Waals surface area contributed by atoms with Gasteiger partial charge in [0.15, 0.2) is 0 Å². The average molecular weight is 436 g/mol. The highest BCUT2D eigenvalue weighted by Gasteiger charge is 2.32. The summed E-state index contributed by atoms with van der Waals surface area (Å²) in [5, 5.41) is 0. The van der Waals surface area contributed by atoms with Crippen molar-refractivity contribution in [1.29, 1.82) is 0 Å². The van der Waals surface area contributed by atoms with E-state index in [9.17, 15) is 9.59 Å². The van der Waals surface area contributed by atoms with Crippen molar-refractivity contribution in [3.05, 3.63) is 57.5 Å². The molecule has 2 aromatic heterocycles. The first-order valence-electron chi connectivity index (χ1n) is 12.3. The van der Waals surface area contributed by atoms with Crippen LogP contribution in [-0.4, -0.2) is 50.3 Å². The summed E-state index contributed by atoms with van der Waals surface area (Å²) in [6.07, 6.45) is 11.9. The molecule has 1 saturated heterocycles. The summed E-state index contributed by atoms with van der Waals surface area (Å²) in [5.41, 5.74) is 2.14. The molecule has 1 N–H and O–H groups in total. The lowest BCUT2D eigenvalue weighted by Crippen LogP contribution is -2.42. The Labute approximate surface area is 189 Å². The highest BCUT2D eigenvalue weighted by atomic mass is 16.2. The fourth-order valence-electron chi connectivity index (χ4n) is 5.64. The van der Waals surface area contributed by atoms with Gasteiger partial charge < -0.3 is 9.88 Å². The predicted octanol–water partition coefficient (Wildman–Crippen LogP) is 3.47. The normalized spacial score (nSPS) is 22.5. The van der Waals surface area contributed by atoms with E-state index in [1.165, 1.54) is 32.1 Å². The second-order valence-electron chi connectivity index (χ2n) is 9.59. The molecule has 0 radical (unpaired) electrons. The van der Waals surface area contributed by atoms with Crippen LogP contribution in [0, 0.1) is 5.92 Å². The van der Waals surface area contributed by atoms with E-state index < -0.39 is 0 Å². The Morgan fingerprint density at radius 2 is 1.91 bits per heavy atom. The topological polar surface area (TPSA) is 82.2 Å². The van der Waals surface area contributed by atoms with Crippen LogP contribution >= 0.6 is 0 Å². The average Bonchev–Trinajstić information content (AvgIpc) is 2.85. The molecular weight excluding hydrogens is 402 g/mol. The maximum atomic E-state index is 13.1. The Morgan fingerprint density at radius 1 is 1.06 bits per heavy atom. The molecule has 0 aromatic carbocycles. The van der Waals surface area contributed by atoms with Crippen molar-refractivity contribution in [3.63, 3.8) is 0 Å². The molecule has 2 aromatic rings. The largest absolute Gasteiger partial charge is 0.327 e. The summed E-state index contributed by atoms with van der Waals surface area (Å²) in [5.74, 6) is 1.32. The van der Waals surface area contributed by atoms with Crippen molar-refractivity contribution in [2.45, 2.75) is 70.4 Å². The first-order valence-corrected chi connectivity index (χ1v) is 12.3. The number of carbonyl (C=O) groups excluding carboxylic acids is 1. The fraction of sp³-hybridized carbons (Fsp3) is 0.600. The minimum Gasteiger partial charge on any atom is -0.327 e. The number of piperidine rings is 1. The van der Waals surface area contributed by atoms with E-state index in [1.807, 2.05) is 17.0 Å². The number of likely N-dealkylation sites (tertiary alicyclic amines) is 1. The zero-order valence-electron chi connectivity index (χ0n) is 18.8. The number of hydrogen-bond donors (Lipinski definition) is 1. The Balaban J connectivity index is 1.35. The fourth-order valence-corrected chi connectivity index (χ4v) is 5.64. The van der Waals surface area contributed by atoms with Crippen LogP contribution in [0.4, 0.5) is 0 Å². The van der Waals surface area contributed by atoms with E-state index in [0.717, 1.165) is 55.9 Å². The molecule has 1 saturated carbocycles. The molecule has 4 heterocycles. The first-order chi connectivity index (χ1) is 15.7. The van der Waals surface area contributed by atoms with Gasteiger partial charge in [0.2, 0.25) is 0 Å². The number of hydrogen-bond acceptors (Lipinski definition) is 5. The number of fused-ring (bicyclic) bond motifs is 1. The Kier molecular flexibility index (Phi) is 6.35. The second kappa shape index (κ2) is 9.53. The van der Waals surface area contributed by atoms with E-state index in [2.05, 4.69) is 14.9 Å². The van der Waals surface area contributed by atoms with Gasteiger partial charge in [0.25, 0.3) is 11.5 Å². The van der Waals surface area contributed by atoms with Gasteiger partial charge in [-0.05, 0) is 50.2 Å². The molecule has 5 rings (SSSR count). The number of carbonyl (C=O) groups is 1. The van der Waals surface area contributed by atoms with Crippen LogP contribution in [0.25, 0.3) is 0 Å². The van der Waals surface area contributed by atoms with Crippen LogP contribution in [-0.2, 0) is 13.0 Å². The molecule has 7 nitrogen and oxygen atoms in total. The highest BCUT2D eigenvalue weighted by Crippen LogP contribution is 2.31. The molecule has 7 heteroatoms. The number of nitrogens with one attached hydrogen (secondary N) is 1. The highest BCUT2D eigenvalue weighted by molar-refractivity contribution is 5.92. The van der Waals surface area contributed by atoms with Crippen molar-refractivity contribution in [2.75, 3.05) is 19.6 Å². The number of aromatic nitrogens is 3. The molecule has 2 aliphatic heterocycles. The number of nitrogens with zero attached hydrogens (tertiary/aromatic N) is 4. The third kappa shape index (κ3) is 4.49. The molecule has 0 unspecified atom stereocenters. The summed E-state index contributed by atoms with van der Waals surface area (Å²) in [4.78, 5) is 42.7. The van der Waals surface area contributed by atoms with Gasteiger partial charge in [-0.15, -0.1) is 0 Å². The molecule has 170 valence electrons. The third-order valence-electron chi connectivity index (χ3n) is 7.37. The van der Waals surface area contributed by atoms with Crippen molar-refractivity contribution in [2.24, 2.45) is 5.92 Å². The smallest absolute Gasteiger partial charge is 0.273 e. The van der Waals surface area contributed by atoms with E-state index in [-0.39, 0.29) is 17.5 Å². The lowest BCUT2D eigenvalue weighted by molar-refractivity contribution is 0.0592. The zero-order valence-corrected chi connectivity index (χ0v) is 18.8. The summed E-state index contributed by atoms with van der Waals surface area (Å²) < 4.78 is 0. The summed E-state index contributed by atoms with van der Waals surface area (Å²) >= 11 is 0. The van der Waals surface area contributed by atoms with Gasteiger partial charge in [0, 0.05) is 38.8 Å². The van der Waals surface area contributed by atoms with Gasteiger partial charge in [-0.1, -0.05) is 25.3 Å². The molecule has 3 aliphatic rings. The Bertz CT molecular complexity index is 999. The van der Waals surface area contributed by atoms with Crippen molar-refractivity contribution in [1.82, 2.24) is 24.8 Å². The standard InChI is InChI=1S/C25H33N5O2/c31-24-19-17-29(16-18-8-2-1-3-9-18)15-12-20(19)27-23(28-24)22-11-5-7-14-30(22)25(32)21-10-4-6-13-26-21/h4,6,10,13,18,22H,1-3,5,7-9,11-12,14-17H2,(H,27,28,31)/t22-/m0/s1. The lowest BCUT2D eigenvalue weighted by Gasteiger charge is -2.36. The summed E-state index contributed by atoms with van der Waals surface area (Å²) in [7, 11) is 0. The monoisotopic (exact) mass is 435 g/mol. The lowest BCUT2D eigenvalue weighted by atomic mass is 9.88. The molecule has 1 aliphatic carbocycles. The predicted molar refractivity (Wildman–Crippen MR) is 122 cm³/mol. The van der Waals surface area contributed by atoms with Crippen LogP contribution in [0.15, 0.2) is 29.2 Å². The minimum absolute atomic E-state index is 0.0332. The molecule has 32 heavy (non-hydrogen) atoms. The van der Waals surface area contributed by atoms with E-state index >= 15 is 0 Å². The number of rotatable bonds is 4. The van der Waals surface area contributed by atoms with E-state index in [1.54, 1.807) is 12.3 Å². The van der Waals surface area contributed by atoms with E-state index in [0.29, 0.717) is 24.6 Å². The maximum absolute atomic E-state index is 13.1. The number of amides is 1. The molecule has 2 fully saturated rings. The molecule has 0 spiro atoms. The van der Waals surface area contributed by atoms with Gasteiger partial charge in [-0.25, -0.2) is 4.98 Å². The quantitative estimate of drug-likeness (QED) is 0.795.